The fourth-order valence-electron chi connectivity index (χ4n) is 2.60. The minimum atomic E-state index is -0.258. The van der Waals surface area contributed by atoms with Gasteiger partial charge in [0, 0.05) is 31.4 Å². The van der Waals surface area contributed by atoms with Gasteiger partial charge in [-0.25, -0.2) is 0 Å². The first kappa shape index (κ1) is 12.8. The van der Waals surface area contributed by atoms with Crippen molar-refractivity contribution in [1.29, 1.82) is 0 Å². The summed E-state index contributed by atoms with van der Waals surface area (Å²) in [6, 6.07) is 1.57. The van der Waals surface area contributed by atoms with Gasteiger partial charge >= 0.3 is 0 Å². The van der Waals surface area contributed by atoms with Crippen LogP contribution in [-0.4, -0.2) is 43.8 Å². The molecule has 0 radical (unpaired) electrons. The van der Waals surface area contributed by atoms with Crippen molar-refractivity contribution in [3.63, 3.8) is 0 Å². The average molecular weight is 275 g/mol. The summed E-state index contributed by atoms with van der Waals surface area (Å²) in [5.74, 6) is 1.15. The molecule has 0 N–H and O–H groups in total. The summed E-state index contributed by atoms with van der Waals surface area (Å²) in [5.41, 5.74) is 0. The number of amides is 1. The first-order chi connectivity index (χ1) is 9.75. The summed E-state index contributed by atoms with van der Waals surface area (Å²) in [6.45, 7) is 3.33. The number of likely N-dealkylation sites (tertiary alicyclic amines) is 1. The van der Waals surface area contributed by atoms with Crippen molar-refractivity contribution >= 4 is 5.91 Å². The third-order valence-electron chi connectivity index (χ3n) is 3.83. The van der Waals surface area contributed by atoms with Crippen molar-refractivity contribution in [3.05, 3.63) is 30.7 Å². The van der Waals surface area contributed by atoms with Crippen molar-refractivity contribution in [2.45, 2.75) is 31.7 Å². The van der Waals surface area contributed by atoms with Crippen LogP contribution in [-0.2, 0) is 4.79 Å². The predicted molar refractivity (Wildman–Crippen MR) is 69.8 cm³/mol. The van der Waals surface area contributed by atoms with E-state index in [2.05, 4.69) is 15.2 Å². The molecular formula is C13H17N5O2. The third-order valence-corrected chi connectivity index (χ3v) is 3.83. The van der Waals surface area contributed by atoms with Gasteiger partial charge in [0.2, 0.25) is 12.3 Å². The van der Waals surface area contributed by atoms with Gasteiger partial charge in [-0.2, -0.15) is 10.1 Å². The number of carbonyl (C=O) groups is 1. The molecule has 0 unspecified atom stereocenters. The Morgan fingerprint density at radius 1 is 1.45 bits per heavy atom. The summed E-state index contributed by atoms with van der Waals surface area (Å²) in [5, 5.41) is 8.01. The maximum atomic E-state index is 12.4. The molecule has 7 nitrogen and oxygen atoms in total. The van der Waals surface area contributed by atoms with Crippen molar-refractivity contribution in [3.8, 4) is 0 Å². The minimum Gasteiger partial charge on any atom is -0.343 e. The normalized spacial score (nSPS) is 18.1. The molecule has 0 bridgehead atoms. The van der Waals surface area contributed by atoms with E-state index in [-0.39, 0.29) is 17.9 Å². The van der Waals surface area contributed by atoms with E-state index in [1.54, 1.807) is 10.9 Å². The lowest BCUT2D eigenvalue weighted by molar-refractivity contribution is -0.135. The van der Waals surface area contributed by atoms with E-state index in [1.807, 2.05) is 24.1 Å². The van der Waals surface area contributed by atoms with E-state index in [4.69, 9.17) is 4.52 Å². The fraction of sp³-hybridized carbons (Fsp3) is 0.538. The lowest BCUT2D eigenvalue weighted by atomic mass is 9.96. The molecule has 0 saturated carbocycles. The van der Waals surface area contributed by atoms with E-state index in [9.17, 15) is 4.79 Å². The Morgan fingerprint density at radius 3 is 2.85 bits per heavy atom. The maximum Gasteiger partial charge on any atom is 0.247 e. The SMILES string of the molecule is C[C@@H](C(=O)N1CCC(c2ncon2)CC1)n1cccn1. The Balaban J connectivity index is 1.59. The Morgan fingerprint density at radius 2 is 2.25 bits per heavy atom. The summed E-state index contributed by atoms with van der Waals surface area (Å²) in [4.78, 5) is 18.4. The van der Waals surface area contributed by atoms with Crippen LogP contribution in [0.5, 0.6) is 0 Å². The molecule has 1 saturated heterocycles. The molecule has 2 aromatic heterocycles. The molecule has 1 amide bonds. The van der Waals surface area contributed by atoms with Crippen molar-refractivity contribution < 1.29 is 9.32 Å². The number of nitrogens with zero attached hydrogens (tertiary/aromatic N) is 5. The largest absolute Gasteiger partial charge is 0.343 e. The molecular weight excluding hydrogens is 258 g/mol. The van der Waals surface area contributed by atoms with Gasteiger partial charge in [0.15, 0.2) is 5.82 Å². The van der Waals surface area contributed by atoms with Gasteiger partial charge in [0.05, 0.1) is 0 Å². The molecule has 3 rings (SSSR count). The molecule has 7 heteroatoms. The highest BCUT2D eigenvalue weighted by Gasteiger charge is 2.29. The van der Waals surface area contributed by atoms with Crippen molar-refractivity contribution in [1.82, 2.24) is 24.8 Å². The molecule has 2 aromatic rings. The quantitative estimate of drug-likeness (QED) is 0.842. The zero-order chi connectivity index (χ0) is 13.9. The minimum absolute atomic E-state index is 0.111. The molecule has 0 spiro atoms. The number of hydrogen-bond acceptors (Lipinski definition) is 5. The van der Waals surface area contributed by atoms with Crippen LogP contribution in [0.25, 0.3) is 0 Å². The summed E-state index contributed by atoms with van der Waals surface area (Å²) >= 11 is 0. The highest BCUT2D eigenvalue weighted by atomic mass is 16.5. The van der Waals surface area contributed by atoms with Gasteiger partial charge in [-0.05, 0) is 25.8 Å². The van der Waals surface area contributed by atoms with Crippen LogP contribution in [0.3, 0.4) is 0 Å². The second-order valence-corrected chi connectivity index (χ2v) is 5.05. The molecule has 106 valence electrons. The lowest BCUT2D eigenvalue weighted by Crippen LogP contribution is -2.41. The Kier molecular flexibility index (Phi) is 3.49. The zero-order valence-electron chi connectivity index (χ0n) is 11.3. The maximum absolute atomic E-state index is 12.4. The van der Waals surface area contributed by atoms with Crippen LogP contribution in [0, 0.1) is 0 Å². The first-order valence-electron chi connectivity index (χ1n) is 6.80. The molecule has 0 aromatic carbocycles. The predicted octanol–water partition coefficient (Wildman–Crippen LogP) is 1.23. The highest BCUT2D eigenvalue weighted by molar-refractivity contribution is 5.80. The standard InChI is InChI=1S/C13H17N5O2/c1-10(18-6-2-5-15-18)13(19)17-7-3-11(4-8-17)12-14-9-20-16-12/h2,5-6,9-11H,3-4,7-8H2,1H3/t10-/m0/s1. The number of rotatable bonds is 3. The highest BCUT2D eigenvalue weighted by Crippen LogP contribution is 2.26. The fourth-order valence-corrected chi connectivity index (χ4v) is 2.60. The molecule has 1 atom stereocenters. The smallest absolute Gasteiger partial charge is 0.247 e. The van der Waals surface area contributed by atoms with Crippen LogP contribution >= 0.6 is 0 Å². The van der Waals surface area contributed by atoms with Gasteiger partial charge in [-0.1, -0.05) is 5.16 Å². The van der Waals surface area contributed by atoms with Crippen LogP contribution in [0.2, 0.25) is 0 Å². The van der Waals surface area contributed by atoms with E-state index in [1.165, 1.54) is 6.39 Å². The van der Waals surface area contributed by atoms with Crippen LogP contribution in [0.1, 0.15) is 37.5 Å². The van der Waals surface area contributed by atoms with Gasteiger partial charge in [-0.3, -0.25) is 9.48 Å². The average Bonchev–Trinajstić information content (AvgIpc) is 3.18. The van der Waals surface area contributed by atoms with Crippen molar-refractivity contribution in [2.75, 3.05) is 13.1 Å². The van der Waals surface area contributed by atoms with Gasteiger partial charge in [-0.15, -0.1) is 0 Å². The van der Waals surface area contributed by atoms with Gasteiger partial charge < -0.3 is 9.42 Å². The van der Waals surface area contributed by atoms with Crippen LogP contribution in [0.4, 0.5) is 0 Å². The second-order valence-electron chi connectivity index (χ2n) is 5.05. The molecule has 1 fully saturated rings. The number of carbonyl (C=O) groups excluding carboxylic acids is 1. The molecule has 3 heterocycles. The molecule has 1 aliphatic rings. The lowest BCUT2D eigenvalue weighted by Gasteiger charge is -2.32. The Labute approximate surface area is 116 Å². The van der Waals surface area contributed by atoms with Gasteiger partial charge in [0.25, 0.3) is 0 Å². The summed E-state index contributed by atoms with van der Waals surface area (Å²) in [7, 11) is 0. The van der Waals surface area contributed by atoms with E-state index < -0.39 is 0 Å². The van der Waals surface area contributed by atoms with E-state index >= 15 is 0 Å². The number of hydrogen-bond donors (Lipinski definition) is 0. The molecule has 20 heavy (non-hydrogen) atoms. The number of aromatic nitrogens is 4. The zero-order valence-corrected chi connectivity index (χ0v) is 11.3. The van der Waals surface area contributed by atoms with E-state index in [0.717, 1.165) is 31.8 Å². The van der Waals surface area contributed by atoms with Crippen molar-refractivity contribution in [2.24, 2.45) is 0 Å². The second kappa shape index (κ2) is 5.44. The van der Waals surface area contributed by atoms with Crippen LogP contribution < -0.4 is 0 Å². The third kappa shape index (κ3) is 2.43. The Bertz CT molecular complexity index is 543. The monoisotopic (exact) mass is 275 g/mol. The number of piperidine rings is 1. The summed E-state index contributed by atoms with van der Waals surface area (Å²) in [6.07, 6.45) is 6.60. The topological polar surface area (TPSA) is 77.0 Å². The molecule has 1 aliphatic heterocycles. The van der Waals surface area contributed by atoms with Crippen LogP contribution in [0.15, 0.2) is 29.4 Å². The van der Waals surface area contributed by atoms with E-state index in [0.29, 0.717) is 0 Å². The first-order valence-corrected chi connectivity index (χ1v) is 6.80. The van der Waals surface area contributed by atoms with Gasteiger partial charge in [0.1, 0.15) is 6.04 Å². The molecule has 0 aliphatic carbocycles. The summed E-state index contributed by atoms with van der Waals surface area (Å²) < 4.78 is 6.46. The Hall–Kier alpha value is -2.18.